The molecule has 3 heteroatoms. The molecule has 1 unspecified atom stereocenters. The number of hydrogen-bond donors (Lipinski definition) is 2. The molecule has 1 aromatic heterocycles. The highest BCUT2D eigenvalue weighted by atomic mass is 32.1. The molecule has 0 aliphatic heterocycles. The predicted octanol–water partition coefficient (Wildman–Crippen LogP) is 1.97. The summed E-state index contributed by atoms with van der Waals surface area (Å²) >= 11 is 1.76. The highest BCUT2D eigenvalue weighted by molar-refractivity contribution is 7.10. The normalized spacial score (nSPS) is 13.4. The van der Waals surface area contributed by atoms with Gasteiger partial charge in [-0.1, -0.05) is 6.92 Å². The molecule has 1 aromatic rings. The molecule has 0 fully saturated rings. The quantitative estimate of drug-likeness (QED) is 0.537. The summed E-state index contributed by atoms with van der Waals surface area (Å²) in [5.74, 6) is 5.40. The van der Waals surface area contributed by atoms with Gasteiger partial charge in [0, 0.05) is 4.88 Å². The smallest absolute Gasteiger partial charge is 0.0553 e. The highest BCUT2D eigenvalue weighted by Crippen LogP contribution is 2.24. The van der Waals surface area contributed by atoms with Crippen LogP contribution in [0.3, 0.4) is 0 Å². The van der Waals surface area contributed by atoms with Gasteiger partial charge in [-0.15, -0.1) is 11.3 Å². The van der Waals surface area contributed by atoms with Crippen LogP contribution in [0.2, 0.25) is 0 Å². The molecular formula is C8H14N2S. The lowest BCUT2D eigenvalue weighted by Crippen LogP contribution is -2.27. The van der Waals surface area contributed by atoms with Crippen LogP contribution >= 0.6 is 11.3 Å². The Balaban J connectivity index is 2.81. The molecule has 1 rings (SSSR count). The van der Waals surface area contributed by atoms with Crippen LogP contribution in [0, 0.1) is 6.92 Å². The summed E-state index contributed by atoms with van der Waals surface area (Å²) in [4.78, 5) is 1.36. The van der Waals surface area contributed by atoms with Gasteiger partial charge in [-0.25, -0.2) is 0 Å². The van der Waals surface area contributed by atoms with Crippen LogP contribution < -0.4 is 11.3 Å². The molecule has 11 heavy (non-hydrogen) atoms. The van der Waals surface area contributed by atoms with Crippen LogP contribution in [0.4, 0.5) is 0 Å². The number of nitrogens with two attached hydrogens (primary N) is 1. The van der Waals surface area contributed by atoms with Crippen LogP contribution in [0.25, 0.3) is 0 Å². The third kappa shape index (κ3) is 1.80. The van der Waals surface area contributed by atoms with Crippen molar-refractivity contribution in [1.82, 2.24) is 5.43 Å². The van der Waals surface area contributed by atoms with Gasteiger partial charge in [-0.05, 0) is 30.4 Å². The topological polar surface area (TPSA) is 38.0 Å². The molecule has 2 nitrogen and oxygen atoms in total. The molecule has 0 aliphatic carbocycles. The first kappa shape index (κ1) is 8.71. The summed E-state index contributed by atoms with van der Waals surface area (Å²) in [6.45, 7) is 4.25. The van der Waals surface area contributed by atoms with Gasteiger partial charge in [0.1, 0.15) is 0 Å². The van der Waals surface area contributed by atoms with E-state index >= 15 is 0 Å². The second-order valence-corrected chi connectivity index (χ2v) is 3.54. The number of aryl methyl sites for hydroxylation is 1. The lowest BCUT2D eigenvalue weighted by Gasteiger charge is -2.12. The van der Waals surface area contributed by atoms with E-state index in [0.29, 0.717) is 6.04 Å². The van der Waals surface area contributed by atoms with Gasteiger partial charge in [-0.2, -0.15) is 0 Å². The Kier molecular flexibility index (Phi) is 3.05. The van der Waals surface area contributed by atoms with E-state index in [-0.39, 0.29) is 0 Å². The van der Waals surface area contributed by atoms with Crippen molar-refractivity contribution in [1.29, 1.82) is 0 Å². The number of rotatable bonds is 3. The van der Waals surface area contributed by atoms with Crippen LogP contribution in [0.15, 0.2) is 11.4 Å². The van der Waals surface area contributed by atoms with Gasteiger partial charge < -0.3 is 0 Å². The van der Waals surface area contributed by atoms with Crippen LogP contribution in [0.5, 0.6) is 0 Å². The van der Waals surface area contributed by atoms with Crippen molar-refractivity contribution in [2.24, 2.45) is 5.84 Å². The number of hydrazine groups is 1. The van der Waals surface area contributed by atoms with Crippen molar-refractivity contribution in [3.05, 3.63) is 21.9 Å². The Morgan fingerprint density at radius 1 is 1.73 bits per heavy atom. The number of thiophene rings is 1. The summed E-state index contributed by atoms with van der Waals surface area (Å²) in [6.07, 6.45) is 1.04. The lowest BCUT2D eigenvalue weighted by molar-refractivity contribution is 0.545. The fourth-order valence-corrected chi connectivity index (χ4v) is 2.19. The molecule has 1 heterocycles. The zero-order chi connectivity index (χ0) is 8.27. The first-order valence-electron chi connectivity index (χ1n) is 3.79. The maximum Gasteiger partial charge on any atom is 0.0553 e. The zero-order valence-electron chi connectivity index (χ0n) is 6.92. The van der Waals surface area contributed by atoms with Crippen LogP contribution in [0.1, 0.15) is 29.8 Å². The summed E-state index contributed by atoms with van der Waals surface area (Å²) in [6, 6.07) is 2.45. The maximum absolute atomic E-state index is 5.40. The van der Waals surface area contributed by atoms with Crippen molar-refractivity contribution >= 4 is 11.3 Å². The van der Waals surface area contributed by atoms with E-state index in [9.17, 15) is 0 Å². The van der Waals surface area contributed by atoms with Gasteiger partial charge in [0.25, 0.3) is 0 Å². The molecule has 0 saturated heterocycles. The Morgan fingerprint density at radius 3 is 2.82 bits per heavy atom. The van der Waals surface area contributed by atoms with E-state index in [4.69, 9.17) is 5.84 Å². The summed E-state index contributed by atoms with van der Waals surface area (Å²) < 4.78 is 0. The zero-order valence-corrected chi connectivity index (χ0v) is 7.74. The molecule has 3 N–H and O–H groups in total. The maximum atomic E-state index is 5.40. The highest BCUT2D eigenvalue weighted by Gasteiger charge is 2.09. The van der Waals surface area contributed by atoms with Crippen LogP contribution in [-0.2, 0) is 0 Å². The van der Waals surface area contributed by atoms with Crippen LogP contribution in [-0.4, -0.2) is 0 Å². The van der Waals surface area contributed by atoms with Gasteiger partial charge in [0.15, 0.2) is 0 Å². The standard InChI is InChI=1S/C8H14N2S/c1-3-7(10-9)8-6(2)4-5-11-8/h4-5,7,10H,3,9H2,1-2H3. The molecule has 0 spiro atoms. The molecular weight excluding hydrogens is 156 g/mol. The molecule has 0 aromatic carbocycles. The summed E-state index contributed by atoms with van der Waals surface area (Å²) in [5, 5.41) is 2.10. The lowest BCUT2D eigenvalue weighted by atomic mass is 10.1. The van der Waals surface area contributed by atoms with E-state index < -0.39 is 0 Å². The largest absolute Gasteiger partial charge is 0.271 e. The Morgan fingerprint density at radius 2 is 2.45 bits per heavy atom. The van der Waals surface area contributed by atoms with Crippen molar-refractivity contribution in [3.8, 4) is 0 Å². The monoisotopic (exact) mass is 170 g/mol. The predicted molar refractivity (Wildman–Crippen MR) is 49.4 cm³/mol. The number of hydrogen-bond acceptors (Lipinski definition) is 3. The average molecular weight is 170 g/mol. The molecule has 0 saturated carbocycles. The van der Waals surface area contributed by atoms with E-state index in [1.807, 2.05) is 0 Å². The minimum absolute atomic E-state index is 0.329. The second-order valence-electron chi connectivity index (χ2n) is 2.60. The number of nitrogens with one attached hydrogen (secondary N) is 1. The first-order valence-corrected chi connectivity index (χ1v) is 4.67. The summed E-state index contributed by atoms with van der Waals surface area (Å²) in [7, 11) is 0. The second kappa shape index (κ2) is 3.85. The minimum Gasteiger partial charge on any atom is -0.271 e. The van der Waals surface area contributed by atoms with Gasteiger partial charge in [0.2, 0.25) is 0 Å². The molecule has 62 valence electrons. The molecule has 0 radical (unpaired) electrons. The minimum atomic E-state index is 0.329. The third-order valence-corrected chi connectivity index (χ3v) is 2.96. The fraction of sp³-hybridized carbons (Fsp3) is 0.500. The van der Waals surface area contributed by atoms with E-state index in [1.165, 1.54) is 10.4 Å². The fourth-order valence-electron chi connectivity index (χ4n) is 1.12. The van der Waals surface area contributed by atoms with Crippen molar-refractivity contribution in [2.45, 2.75) is 26.3 Å². The van der Waals surface area contributed by atoms with Gasteiger partial charge >= 0.3 is 0 Å². The molecule has 0 amide bonds. The third-order valence-electron chi connectivity index (χ3n) is 1.83. The SMILES string of the molecule is CCC(NN)c1sccc1C. The Hall–Kier alpha value is -0.380. The van der Waals surface area contributed by atoms with E-state index in [0.717, 1.165) is 6.42 Å². The molecule has 1 atom stereocenters. The van der Waals surface area contributed by atoms with Gasteiger partial charge in [-0.3, -0.25) is 11.3 Å². The summed E-state index contributed by atoms with van der Waals surface area (Å²) in [5.41, 5.74) is 4.14. The van der Waals surface area contributed by atoms with E-state index in [1.54, 1.807) is 11.3 Å². The molecule has 0 bridgehead atoms. The van der Waals surface area contributed by atoms with Crippen molar-refractivity contribution in [3.63, 3.8) is 0 Å². The Bertz CT molecular complexity index is 216. The molecule has 0 aliphatic rings. The Labute approximate surface area is 71.4 Å². The van der Waals surface area contributed by atoms with Gasteiger partial charge in [0.05, 0.1) is 6.04 Å². The first-order chi connectivity index (χ1) is 5.29. The van der Waals surface area contributed by atoms with Crippen molar-refractivity contribution in [2.75, 3.05) is 0 Å². The van der Waals surface area contributed by atoms with Crippen molar-refractivity contribution < 1.29 is 0 Å². The van der Waals surface area contributed by atoms with E-state index in [2.05, 4.69) is 30.7 Å². The average Bonchev–Trinajstić information content (AvgIpc) is 2.40.